The van der Waals surface area contributed by atoms with Gasteiger partial charge in [0.05, 0.1) is 12.0 Å². The molecule has 0 aliphatic carbocycles. The number of pyridine rings is 1. The zero-order valence-electron chi connectivity index (χ0n) is 16.5. The van der Waals surface area contributed by atoms with E-state index in [0.717, 1.165) is 12.3 Å². The molecule has 0 radical (unpaired) electrons. The number of hydrogen-bond acceptors (Lipinski definition) is 5. The van der Waals surface area contributed by atoms with E-state index < -0.39 is 23.4 Å². The van der Waals surface area contributed by atoms with Gasteiger partial charge in [-0.1, -0.05) is 36.4 Å². The molecular weight excluding hydrogens is 404 g/mol. The number of carbonyl (C=O) groups excluding carboxylic acids is 1. The fraction of sp³-hybridized carbons (Fsp3) is 0.0833. The zero-order valence-corrected chi connectivity index (χ0v) is 16.5. The molecule has 156 valence electrons. The predicted molar refractivity (Wildman–Crippen MR) is 111 cm³/mol. The van der Waals surface area contributed by atoms with Crippen LogP contribution in [0.1, 0.15) is 17.3 Å². The van der Waals surface area contributed by atoms with E-state index in [0.29, 0.717) is 5.75 Å². The number of esters is 1. The summed E-state index contributed by atoms with van der Waals surface area (Å²) in [6.45, 7) is 1.77. The molecule has 0 unspecified atom stereocenters. The molecule has 0 atom stereocenters. The lowest BCUT2D eigenvalue weighted by atomic mass is 10.1. The maximum absolute atomic E-state index is 15.2. The van der Waals surface area contributed by atoms with Crippen LogP contribution >= 0.6 is 0 Å². The average Bonchev–Trinajstić information content (AvgIpc) is 2.78. The van der Waals surface area contributed by atoms with E-state index in [1.54, 1.807) is 67.6 Å². The van der Waals surface area contributed by atoms with Gasteiger partial charge in [-0.15, -0.1) is 0 Å². The fourth-order valence-electron chi connectivity index (χ4n) is 2.99. The molecule has 0 spiro atoms. The first-order valence-electron chi connectivity index (χ1n) is 9.52. The van der Waals surface area contributed by atoms with Crippen LogP contribution in [0.15, 0.2) is 72.9 Å². The molecule has 0 N–H and O–H groups in total. The Balaban J connectivity index is 1.88. The molecule has 31 heavy (non-hydrogen) atoms. The molecule has 0 aliphatic rings. The normalized spacial score (nSPS) is 10.7. The molecule has 0 aliphatic heterocycles. The van der Waals surface area contributed by atoms with Crippen molar-refractivity contribution in [2.24, 2.45) is 0 Å². The highest BCUT2D eigenvalue weighted by Crippen LogP contribution is 2.39. The number of fused-ring (bicyclic) bond motifs is 1. The predicted octanol–water partition coefficient (Wildman–Crippen LogP) is 6.27. The van der Waals surface area contributed by atoms with Crippen LogP contribution in [0.3, 0.4) is 0 Å². The summed E-state index contributed by atoms with van der Waals surface area (Å²) in [5, 5.41) is -0.0233. The van der Waals surface area contributed by atoms with Crippen molar-refractivity contribution in [1.82, 2.24) is 4.98 Å². The number of benzene rings is 3. The van der Waals surface area contributed by atoms with Crippen molar-refractivity contribution in [3.63, 3.8) is 0 Å². The van der Waals surface area contributed by atoms with Crippen LogP contribution in [0.4, 0.5) is 8.78 Å². The van der Waals surface area contributed by atoms with Crippen LogP contribution in [-0.4, -0.2) is 17.6 Å². The molecule has 4 aromatic rings. The van der Waals surface area contributed by atoms with Crippen molar-refractivity contribution >= 4 is 16.9 Å². The number of carbonyl (C=O) groups is 1. The highest BCUT2D eigenvalue weighted by molar-refractivity contribution is 6.00. The first kappa shape index (κ1) is 20.3. The summed E-state index contributed by atoms with van der Waals surface area (Å²) in [4.78, 5) is 16.5. The Kier molecular flexibility index (Phi) is 5.75. The lowest BCUT2D eigenvalue weighted by Gasteiger charge is -2.15. The Hall–Kier alpha value is -4.00. The van der Waals surface area contributed by atoms with Gasteiger partial charge < -0.3 is 14.2 Å². The summed E-state index contributed by atoms with van der Waals surface area (Å²) in [6.07, 6.45) is 1.14. The van der Waals surface area contributed by atoms with Gasteiger partial charge in [-0.2, -0.15) is 0 Å². The number of para-hydroxylation sites is 2. The standard InChI is InChI=1S/C24H17F2NO4/c1-2-29-24(28)18-14-27-21-17(22(18)30-15-9-5-3-6-10-15)13-19(25)23(20(21)26)31-16-11-7-4-8-12-16/h3-14H,2H2,1H3. The first-order chi connectivity index (χ1) is 15.1. The largest absolute Gasteiger partial charge is 0.462 e. The van der Waals surface area contributed by atoms with Crippen LogP contribution in [-0.2, 0) is 4.74 Å². The highest BCUT2D eigenvalue weighted by Gasteiger charge is 2.24. The molecule has 0 amide bonds. The Bertz CT molecular complexity index is 1230. The highest BCUT2D eigenvalue weighted by atomic mass is 19.1. The topological polar surface area (TPSA) is 57.7 Å². The van der Waals surface area contributed by atoms with Crippen molar-refractivity contribution in [3.8, 4) is 23.0 Å². The van der Waals surface area contributed by atoms with Gasteiger partial charge in [-0.25, -0.2) is 13.6 Å². The van der Waals surface area contributed by atoms with E-state index in [-0.39, 0.29) is 34.6 Å². The fourth-order valence-corrected chi connectivity index (χ4v) is 2.99. The minimum absolute atomic E-state index is 0.0233. The third-order valence-electron chi connectivity index (χ3n) is 4.38. The van der Waals surface area contributed by atoms with E-state index in [4.69, 9.17) is 14.2 Å². The van der Waals surface area contributed by atoms with Crippen LogP contribution < -0.4 is 9.47 Å². The molecule has 1 heterocycles. The van der Waals surface area contributed by atoms with Crippen molar-refractivity contribution < 1.29 is 27.8 Å². The van der Waals surface area contributed by atoms with Gasteiger partial charge in [0.25, 0.3) is 0 Å². The van der Waals surface area contributed by atoms with E-state index in [1.807, 2.05) is 0 Å². The second-order valence-corrected chi connectivity index (χ2v) is 6.45. The smallest absolute Gasteiger partial charge is 0.343 e. The number of hydrogen-bond donors (Lipinski definition) is 0. The maximum atomic E-state index is 15.2. The van der Waals surface area contributed by atoms with Crippen LogP contribution in [0.25, 0.3) is 10.9 Å². The molecule has 0 bridgehead atoms. The van der Waals surface area contributed by atoms with Gasteiger partial charge in [0.2, 0.25) is 5.75 Å². The van der Waals surface area contributed by atoms with E-state index in [9.17, 15) is 9.18 Å². The van der Waals surface area contributed by atoms with Crippen molar-refractivity contribution in [3.05, 3.63) is 90.1 Å². The van der Waals surface area contributed by atoms with Gasteiger partial charge in [0.15, 0.2) is 17.4 Å². The Morgan fingerprint density at radius 3 is 2.06 bits per heavy atom. The van der Waals surface area contributed by atoms with Crippen LogP contribution in [0, 0.1) is 11.6 Å². The lowest BCUT2D eigenvalue weighted by Crippen LogP contribution is -2.08. The number of nitrogens with zero attached hydrogens (tertiary/aromatic N) is 1. The van der Waals surface area contributed by atoms with E-state index in [1.165, 1.54) is 0 Å². The summed E-state index contributed by atoms with van der Waals surface area (Å²) >= 11 is 0. The lowest BCUT2D eigenvalue weighted by molar-refractivity contribution is 0.0523. The summed E-state index contributed by atoms with van der Waals surface area (Å²) in [5.41, 5.74) is -0.250. The molecule has 3 aromatic carbocycles. The SMILES string of the molecule is CCOC(=O)c1cnc2c(F)c(Oc3ccccc3)c(F)cc2c1Oc1ccccc1. The van der Waals surface area contributed by atoms with Crippen LogP contribution in [0.2, 0.25) is 0 Å². The van der Waals surface area contributed by atoms with Crippen LogP contribution in [0.5, 0.6) is 23.0 Å². The van der Waals surface area contributed by atoms with Gasteiger partial charge in [-0.05, 0) is 37.3 Å². The Morgan fingerprint density at radius 2 is 1.48 bits per heavy atom. The quantitative estimate of drug-likeness (QED) is 0.343. The van der Waals surface area contributed by atoms with Gasteiger partial charge in [-0.3, -0.25) is 4.98 Å². The Labute approximate surface area is 176 Å². The summed E-state index contributed by atoms with van der Waals surface area (Å²) in [7, 11) is 0. The third kappa shape index (κ3) is 4.16. The molecule has 0 fully saturated rings. The number of aromatic nitrogens is 1. The van der Waals surface area contributed by atoms with Crippen molar-refractivity contribution in [2.45, 2.75) is 6.92 Å². The first-order valence-corrected chi connectivity index (χ1v) is 9.52. The third-order valence-corrected chi connectivity index (χ3v) is 4.38. The summed E-state index contributed by atoms with van der Waals surface area (Å²) < 4.78 is 46.4. The van der Waals surface area contributed by atoms with Crippen molar-refractivity contribution in [2.75, 3.05) is 6.61 Å². The van der Waals surface area contributed by atoms with Gasteiger partial charge >= 0.3 is 5.97 Å². The molecule has 4 rings (SSSR count). The average molecular weight is 421 g/mol. The Morgan fingerprint density at radius 1 is 0.903 bits per heavy atom. The minimum Gasteiger partial charge on any atom is -0.462 e. The van der Waals surface area contributed by atoms with Gasteiger partial charge in [0.1, 0.15) is 22.6 Å². The maximum Gasteiger partial charge on any atom is 0.343 e. The molecule has 0 saturated heterocycles. The molecule has 0 saturated carbocycles. The minimum atomic E-state index is -1.01. The van der Waals surface area contributed by atoms with Crippen molar-refractivity contribution in [1.29, 1.82) is 0 Å². The molecule has 5 nitrogen and oxygen atoms in total. The van der Waals surface area contributed by atoms with Gasteiger partial charge in [0, 0.05) is 6.20 Å². The number of halogens is 2. The zero-order chi connectivity index (χ0) is 21.8. The molecule has 7 heteroatoms. The molecule has 1 aromatic heterocycles. The number of rotatable bonds is 6. The monoisotopic (exact) mass is 421 g/mol. The second-order valence-electron chi connectivity index (χ2n) is 6.45. The second kappa shape index (κ2) is 8.79. The summed E-state index contributed by atoms with van der Waals surface area (Å²) in [6, 6.07) is 17.9. The molecular formula is C24H17F2NO4. The number of ether oxygens (including phenoxy) is 3. The van der Waals surface area contributed by atoms with E-state index >= 15 is 4.39 Å². The van der Waals surface area contributed by atoms with E-state index in [2.05, 4.69) is 4.98 Å². The summed E-state index contributed by atoms with van der Waals surface area (Å²) in [5.74, 6) is -2.69.